The van der Waals surface area contributed by atoms with Crippen molar-refractivity contribution in [2.45, 2.75) is 6.92 Å². The third-order valence-corrected chi connectivity index (χ3v) is 3.14. The number of methoxy groups -OCH3 is 1. The molecule has 0 fully saturated rings. The molecule has 90 valence electrons. The Hall–Kier alpha value is -0.150. The lowest BCUT2D eigenvalue weighted by molar-refractivity contribution is 0.164. The summed E-state index contributed by atoms with van der Waals surface area (Å²) >= 11 is 17.8. The molecule has 5 heteroatoms. The maximum Gasteiger partial charge on any atom is 0.0653 e. The lowest BCUT2D eigenvalue weighted by Crippen LogP contribution is -2.15. The maximum absolute atomic E-state index is 6.03. The van der Waals surface area contributed by atoms with E-state index in [-0.39, 0.29) is 0 Å². The monoisotopic (exact) mass is 281 g/mol. The van der Waals surface area contributed by atoms with Crippen LogP contribution < -0.4 is 5.32 Å². The Morgan fingerprint density at radius 2 is 1.81 bits per heavy atom. The van der Waals surface area contributed by atoms with Gasteiger partial charge in [0.15, 0.2) is 0 Å². The summed E-state index contributed by atoms with van der Waals surface area (Å²) in [6.07, 6.45) is 0. The molecule has 1 aromatic carbocycles. The molecule has 0 radical (unpaired) electrons. The van der Waals surface area contributed by atoms with Gasteiger partial charge in [0.05, 0.1) is 27.4 Å². The number of hydrogen-bond donors (Lipinski definition) is 1. The molecule has 0 spiro atoms. The van der Waals surface area contributed by atoms with Crippen LogP contribution in [-0.2, 0) is 4.74 Å². The lowest BCUT2D eigenvalue weighted by Gasteiger charge is -2.14. The highest BCUT2D eigenvalue weighted by Crippen LogP contribution is 2.32. The fourth-order valence-corrected chi connectivity index (χ4v) is 1.90. The zero-order valence-electron chi connectivity index (χ0n) is 9.19. The minimum absolute atomic E-state index is 0.399. The van der Waals surface area contributed by atoms with Gasteiger partial charge >= 0.3 is 0 Å². The third kappa shape index (κ3) is 4.02. The van der Waals surface area contributed by atoms with Crippen LogP contribution in [0.3, 0.4) is 0 Å². The Morgan fingerprint density at radius 1 is 1.19 bits per heavy atom. The predicted molar refractivity (Wildman–Crippen MR) is 71.0 cm³/mol. The van der Waals surface area contributed by atoms with Crippen molar-refractivity contribution in [3.05, 3.63) is 27.2 Å². The summed E-state index contributed by atoms with van der Waals surface area (Å²) in [5, 5.41) is 4.73. The minimum Gasteiger partial charge on any atom is -0.384 e. The van der Waals surface area contributed by atoms with Crippen molar-refractivity contribution in [1.29, 1.82) is 0 Å². The Morgan fingerprint density at radius 3 is 2.44 bits per heavy atom. The Labute approximate surface area is 111 Å². The second-order valence-corrected chi connectivity index (χ2v) is 4.91. The van der Waals surface area contributed by atoms with Gasteiger partial charge in [-0.25, -0.2) is 0 Å². The van der Waals surface area contributed by atoms with Crippen molar-refractivity contribution in [2.75, 3.05) is 25.6 Å². The molecule has 1 atom stereocenters. The molecule has 1 rings (SSSR count). The van der Waals surface area contributed by atoms with Crippen molar-refractivity contribution in [1.82, 2.24) is 0 Å². The third-order valence-electron chi connectivity index (χ3n) is 2.10. The molecule has 0 bridgehead atoms. The molecular formula is C11H14Cl3NO. The van der Waals surface area contributed by atoms with Gasteiger partial charge in [0.2, 0.25) is 0 Å². The van der Waals surface area contributed by atoms with Gasteiger partial charge in [-0.05, 0) is 18.1 Å². The van der Waals surface area contributed by atoms with Gasteiger partial charge in [0, 0.05) is 13.7 Å². The van der Waals surface area contributed by atoms with E-state index >= 15 is 0 Å². The van der Waals surface area contributed by atoms with Crippen molar-refractivity contribution in [3.8, 4) is 0 Å². The summed E-state index contributed by atoms with van der Waals surface area (Å²) in [5.41, 5.74) is 0.791. The highest BCUT2D eigenvalue weighted by Gasteiger charge is 2.07. The summed E-state index contributed by atoms with van der Waals surface area (Å²) in [6, 6.07) is 3.36. The normalized spacial score (nSPS) is 12.6. The van der Waals surface area contributed by atoms with Crippen LogP contribution >= 0.6 is 34.8 Å². The van der Waals surface area contributed by atoms with Crippen LogP contribution in [0.15, 0.2) is 12.1 Å². The SMILES string of the molecule is COCC(C)CNc1cc(Cl)c(Cl)cc1Cl. The van der Waals surface area contributed by atoms with Gasteiger partial charge < -0.3 is 10.1 Å². The number of halogens is 3. The number of rotatable bonds is 5. The second kappa shape index (κ2) is 6.55. The Balaban J connectivity index is 2.63. The first-order valence-corrected chi connectivity index (χ1v) is 6.05. The Kier molecular flexibility index (Phi) is 5.70. The molecule has 1 aromatic rings. The Bertz CT molecular complexity index is 357. The molecule has 0 aliphatic carbocycles. The second-order valence-electron chi connectivity index (χ2n) is 3.69. The van der Waals surface area contributed by atoms with E-state index in [0.29, 0.717) is 27.6 Å². The van der Waals surface area contributed by atoms with Gasteiger partial charge in [-0.1, -0.05) is 41.7 Å². The van der Waals surface area contributed by atoms with Crippen LogP contribution in [-0.4, -0.2) is 20.3 Å². The van der Waals surface area contributed by atoms with E-state index in [1.54, 1.807) is 19.2 Å². The molecule has 1 N–H and O–H groups in total. The first kappa shape index (κ1) is 13.9. The maximum atomic E-state index is 6.03. The van der Waals surface area contributed by atoms with Gasteiger partial charge in [-0.2, -0.15) is 0 Å². The summed E-state index contributed by atoms with van der Waals surface area (Å²) < 4.78 is 5.04. The van der Waals surface area contributed by atoms with Gasteiger partial charge in [0.1, 0.15) is 0 Å². The fourth-order valence-electron chi connectivity index (χ4n) is 1.29. The molecule has 1 unspecified atom stereocenters. The number of benzene rings is 1. The van der Waals surface area contributed by atoms with E-state index < -0.39 is 0 Å². The van der Waals surface area contributed by atoms with Crippen LogP contribution in [0.25, 0.3) is 0 Å². The number of hydrogen-bond acceptors (Lipinski definition) is 2. The molecule has 0 saturated heterocycles. The van der Waals surface area contributed by atoms with Crippen molar-refractivity contribution in [2.24, 2.45) is 5.92 Å². The van der Waals surface area contributed by atoms with E-state index in [4.69, 9.17) is 39.5 Å². The molecule has 0 aromatic heterocycles. The molecule has 0 aliphatic rings. The molecule has 0 saturated carbocycles. The van der Waals surface area contributed by atoms with Gasteiger partial charge in [-0.3, -0.25) is 0 Å². The molecular weight excluding hydrogens is 268 g/mol. The average molecular weight is 283 g/mol. The number of anilines is 1. The van der Waals surface area contributed by atoms with E-state index in [0.717, 1.165) is 12.2 Å². The minimum atomic E-state index is 0.399. The molecule has 2 nitrogen and oxygen atoms in total. The zero-order valence-corrected chi connectivity index (χ0v) is 11.5. The molecule has 16 heavy (non-hydrogen) atoms. The van der Waals surface area contributed by atoms with E-state index in [9.17, 15) is 0 Å². The predicted octanol–water partition coefficient (Wildman–Crippen LogP) is 4.34. The van der Waals surface area contributed by atoms with E-state index in [2.05, 4.69) is 12.2 Å². The number of ether oxygens (including phenoxy) is 1. The van der Waals surface area contributed by atoms with Crippen molar-refractivity contribution >= 4 is 40.5 Å². The smallest absolute Gasteiger partial charge is 0.0653 e. The van der Waals surface area contributed by atoms with Crippen LogP contribution in [0.2, 0.25) is 15.1 Å². The van der Waals surface area contributed by atoms with Crippen LogP contribution in [0.1, 0.15) is 6.92 Å². The molecule has 0 heterocycles. The molecule has 0 aliphatic heterocycles. The van der Waals surface area contributed by atoms with Crippen LogP contribution in [0.4, 0.5) is 5.69 Å². The summed E-state index contributed by atoms with van der Waals surface area (Å²) in [6.45, 7) is 3.55. The fraction of sp³-hybridized carbons (Fsp3) is 0.455. The number of nitrogens with one attached hydrogen (secondary N) is 1. The zero-order chi connectivity index (χ0) is 12.1. The summed E-state index contributed by atoms with van der Waals surface area (Å²) in [5.74, 6) is 0.399. The van der Waals surface area contributed by atoms with E-state index in [1.165, 1.54) is 0 Å². The van der Waals surface area contributed by atoms with Gasteiger partial charge in [-0.15, -0.1) is 0 Å². The standard InChI is InChI=1S/C11H14Cl3NO/c1-7(6-16-2)5-15-11-4-9(13)8(12)3-10(11)14/h3-4,7,15H,5-6H2,1-2H3. The summed E-state index contributed by atoms with van der Waals surface area (Å²) in [7, 11) is 1.68. The highest BCUT2D eigenvalue weighted by molar-refractivity contribution is 6.44. The lowest BCUT2D eigenvalue weighted by atomic mass is 10.2. The largest absolute Gasteiger partial charge is 0.384 e. The van der Waals surface area contributed by atoms with E-state index in [1.807, 2.05) is 0 Å². The summed E-state index contributed by atoms with van der Waals surface area (Å²) in [4.78, 5) is 0. The highest BCUT2D eigenvalue weighted by atomic mass is 35.5. The van der Waals surface area contributed by atoms with Gasteiger partial charge in [0.25, 0.3) is 0 Å². The average Bonchev–Trinajstić information content (AvgIpc) is 2.22. The van der Waals surface area contributed by atoms with Crippen molar-refractivity contribution in [3.63, 3.8) is 0 Å². The first-order valence-electron chi connectivity index (χ1n) is 4.92. The quantitative estimate of drug-likeness (QED) is 0.811. The molecule has 0 amide bonds. The van der Waals surface area contributed by atoms with Crippen LogP contribution in [0, 0.1) is 5.92 Å². The first-order chi connectivity index (χ1) is 7.54. The van der Waals surface area contributed by atoms with Crippen LogP contribution in [0.5, 0.6) is 0 Å². The van der Waals surface area contributed by atoms with Crippen molar-refractivity contribution < 1.29 is 4.74 Å². The topological polar surface area (TPSA) is 21.3 Å².